The van der Waals surface area contributed by atoms with Crippen LogP contribution in [-0.2, 0) is 0 Å². The van der Waals surface area contributed by atoms with Gasteiger partial charge in [0.25, 0.3) is 0 Å². The lowest BCUT2D eigenvalue weighted by Gasteiger charge is -2.23. The average Bonchev–Trinajstić information content (AvgIpc) is 3.22. The van der Waals surface area contributed by atoms with Crippen molar-refractivity contribution in [1.82, 2.24) is 4.98 Å². The third-order valence-corrected chi connectivity index (χ3v) is 6.68. The number of nitrogens with one attached hydrogen (secondary N) is 1. The Bertz CT molecular complexity index is 1700. The number of pyridine rings is 1. The molecule has 1 N–H and O–H groups in total. The van der Waals surface area contributed by atoms with Gasteiger partial charge in [-0.15, -0.1) is 0 Å². The van der Waals surface area contributed by atoms with Crippen LogP contribution in [0.25, 0.3) is 55.4 Å². The van der Waals surface area contributed by atoms with E-state index in [-0.39, 0.29) is 0 Å². The molecule has 156 valence electrons. The maximum Gasteiger partial charge on any atom is 0.137 e. The number of hydrogen-bond acceptors (Lipinski definition) is 3. The van der Waals surface area contributed by atoms with Gasteiger partial charge in [-0.05, 0) is 60.0 Å². The number of fused-ring (bicyclic) bond motifs is 9. The zero-order valence-electron chi connectivity index (χ0n) is 18.1. The van der Waals surface area contributed by atoms with Gasteiger partial charge in [0.05, 0.1) is 11.4 Å². The summed E-state index contributed by atoms with van der Waals surface area (Å²) in [5.41, 5.74) is 12.1. The van der Waals surface area contributed by atoms with E-state index in [2.05, 4.69) is 84.0 Å². The van der Waals surface area contributed by atoms with Crippen LogP contribution >= 0.6 is 0 Å². The normalized spacial score (nSPS) is 12.0. The molecule has 2 bridgehead atoms. The Morgan fingerprint density at radius 3 is 2.30 bits per heavy atom. The van der Waals surface area contributed by atoms with Gasteiger partial charge in [0.2, 0.25) is 0 Å². The lowest BCUT2D eigenvalue weighted by Crippen LogP contribution is -2.02. The van der Waals surface area contributed by atoms with Crippen LogP contribution in [0.15, 0.2) is 102 Å². The van der Waals surface area contributed by atoms with E-state index in [1.54, 1.807) is 0 Å². The van der Waals surface area contributed by atoms with Gasteiger partial charge < -0.3 is 9.73 Å². The molecule has 0 fully saturated rings. The molecule has 4 aromatic carbocycles. The van der Waals surface area contributed by atoms with E-state index in [9.17, 15) is 0 Å². The summed E-state index contributed by atoms with van der Waals surface area (Å²) in [6.07, 6.45) is 1.84. The molecule has 3 heteroatoms. The molecule has 3 nitrogen and oxygen atoms in total. The Balaban J connectivity index is 1.51. The second-order valence-electron chi connectivity index (χ2n) is 8.57. The molecule has 1 aliphatic rings. The van der Waals surface area contributed by atoms with Crippen LogP contribution in [0.3, 0.4) is 0 Å². The quantitative estimate of drug-likeness (QED) is 0.288. The van der Waals surface area contributed by atoms with Gasteiger partial charge in [0.15, 0.2) is 0 Å². The van der Waals surface area contributed by atoms with Crippen LogP contribution in [0.5, 0.6) is 0 Å². The summed E-state index contributed by atoms with van der Waals surface area (Å²) >= 11 is 0. The summed E-state index contributed by atoms with van der Waals surface area (Å²) in [5, 5.41) is 6.00. The molecule has 33 heavy (non-hydrogen) atoms. The van der Waals surface area contributed by atoms with E-state index in [0.717, 1.165) is 44.6 Å². The third kappa shape index (κ3) is 2.72. The predicted octanol–water partition coefficient (Wildman–Crippen LogP) is 8.35. The summed E-state index contributed by atoms with van der Waals surface area (Å²) in [6, 6.07) is 31.8. The molecule has 6 aromatic rings. The topological polar surface area (TPSA) is 38.1 Å². The number of benzene rings is 4. The van der Waals surface area contributed by atoms with E-state index < -0.39 is 0 Å². The highest BCUT2D eigenvalue weighted by molar-refractivity contribution is 6.09. The highest BCUT2D eigenvalue weighted by Crippen LogP contribution is 2.46. The van der Waals surface area contributed by atoms with Crippen molar-refractivity contribution in [2.75, 3.05) is 5.32 Å². The highest BCUT2D eigenvalue weighted by atomic mass is 16.3. The molecule has 7 rings (SSSR count). The minimum Gasteiger partial charge on any atom is -0.456 e. The van der Waals surface area contributed by atoms with Gasteiger partial charge >= 0.3 is 0 Å². The zero-order chi connectivity index (χ0) is 21.9. The van der Waals surface area contributed by atoms with E-state index in [0.29, 0.717) is 0 Å². The maximum atomic E-state index is 6.19. The zero-order valence-corrected chi connectivity index (χ0v) is 18.1. The van der Waals surface area contributed by atoms with Crippen LogP contribution in [0.4, 0.5) is 11.4 Å². The first-order valence-electron chi connectivity index (χ1n) is 11.1. The first-order valence-corrected chi connectivity index (χ1v) is 11.1. The van der Waals surface area contributed by atoms with Crippen LogP contribution in [-0.4, -0.2) is 4.98 Å². The molecule has 2 aromatic heterocycles. The second-order valence-corrected chi connectivity index (χ2v) is 8.57. The number of rotatable bonds is 1. The van der Waals surface area contributed by atoms with Crippen molar-refractivity contribution in [1.29, 1.82) is 0 Å². The van der Waals surface area contributed by atoms with Gasteiger partial charge in [0.1, 0.15) is 11.2 Å². The van der Waals surface area contributed by atoms with Crippen LogP contribution < -0.4 is 5.32 Å². The van der Waals surface area contributed by atoms with E-state index >= 15 is 0 Å². The molecular weight excluding hydrogens is 404 g/mol. The molecule has 0 spiro atoms. The summed E-state index contributed by atoms with van der Waals surface area (Å²) < 4.78 is 6.19. The van der Waals surface area contributed by atoms with E-state index in [1.165, 1.54) is 27.8 Å². The van der Waals surface area contributed by atoms with Crippen LogP contribution in [0.2, 0.25) is 0 Å². The fraction of sp³-hybridized carbons (Fsp3) is 0.0333. The first-order chi connectivity index (χ1) is 16.3. The van der Waals surface area contributed by atoms with Crippen molar-refractivity contribution in [2.24, 2.45) is 0 Å². The van der Waals surface area contributed by atoms with Gasteiger partial charge in [-0.25, -0.2) is 0 Å². The summed E-state index contributed by atoms with van der Waals surface area (Å²) in [6.45, 7) is 2.22. The Morgan fingerprint density at radius 2 is 1.45 bits per heavy atom. The van der Waals surface area contributed by atoms with Crippen molar-refractivity contribution < 1.29 is 4.42 Å². The number of hydrogen-bond donors (Lipinski definition) is 1. The third-order valence-electron chi connectivity index (χ3n) is 6.68. The Morgan fingerprint density at radius 1 is 0.636 bits per heavy atom. The van der Waals surface area contributed by atoms with E-state index in [1.807, 2.05) is 30.5 Å². The first kappa shape index (κ1) is 18.2. The second kappa shape index (κ2) is 6.81. The molecular formula is C30H20N2O. The number of para-hydroxylation sites is 1. The monoisotopic (exact) mass is 424 g/mol. The van der Waals surface area contributed by atoms with Crippen molar-refractivity contribution in [2.45, 2.75) is 6.92 Å². The molecule has 0 aliphatic carbocycles. The molecule has 0 radical (unpaired) electrons. The number of nitrogens with zero attached hydrogens (tertiary/aromatic N) is 1. The molecule has 0 unspecified atom stereocenters. The molecule has 1 aliphatic heterocycles. The largest absolute Gasteiger partial charge is 0.456 e. The summed E-state index contributed by atoms with van der Waals surface area (Å²) in [5.74, 6) is 0. The van der Waals surface area contributed by atoms with Crippen molar-refractivity contribution in [3.8, 4) is 33.5 Å². The number of furan rings is 1. The molecule has 3 heterocycles. The predicted molar refractivity (Wildman–Crippen MR) is 136 cm³/mol. The Labute approximate surface area is 191 Å². The molecule has 0 atom stereocenters. The molecule has 0 saturated heterocycles. The highest BCUT2D eigenvalue weighted by Gasteiger charge is 2.21. The SMILES string of the molecule is Cc1c2cccc1-c1cc3c(cc1Nc1ccc(-c4ccccn4)cc1-2)oc1ccccc13. The van der Waals surface area contributed by atoms with Gasteiger partial charge in [-0.2, -0.15) is 0 Å². The standard InChI is InChI=1S/C30H20N2O/c1-18-20-8-6-9-21(18)24-16-25-22-7-2-3-11-29(22)33-30(25)17-28(24)32-27-13-12-19(15-23(20)27)26-10-4-5-14-31-26/h2-17,32H,1H3. The number of anilines is 2. The lowest BCUT2D eigenvalue weighted by atomic mass is 9.88. The lowest BCUT2D eigenvalue weighted by molar-refractivity contribution is 0.669. The fourth-order valence-electron chi connectivity index (χ4n) is 5.03. The van der Waals surface area contributed by atoms with Gasteiger partial charge in [-0.3, -0.25) is 4.98 Å². The smallest absolute Gasteiger partial charge is 0.137 e. The number of aromatic nitrogens is 1. The van der Waals surface area contributed by atoms with Gasteiger partial charge in [0, 0.05) is 45.4 Å². The summed E-state index contributed by atoms with van der Waals surface area (Å²) in [7, 11) is 0. The Kier molecular flexibility index (Phi) is 3.76. The summed E-state index contributed by atoms with van der Waals surface area (Å²) in [4.78, 5) is 4.55. The van der Waals surface area contributed by atoms with Crippen LogP contribution in [0, 0.1) is 6.92 Å². The maximum absolute atomic E-state index is 6.19. The van der Waals surface area contributed by atoms with Crippen molar-refractivity contribution in [3.05, 3.63) is 103 Å². The fourth-order valence-corrected chi connectivity index (χ4v) is 5.03. The van der Waals surface area contributed by atoms with E-state index in [4.69, 9.17) is 4.42 Å². The van der Waals surface area contributed by atoms with Crippen molar-refractivity contribution in [3.63, 3.8) is 0 Å². The minimum atomic E-state index is 0.892. The Hall–Kier alpha value is -4.37. The van der Waals surface area contributed by atoms with Gasteiger partial charge in [-0.1, -0.05) is 48.5 Å². The molecule has 0 saturated carbocycles. The average molecular weight is 425 g/mol. The van der Waals surface area contributed by atoms with Crippen molar-refractivity contribution >= 4 is 33.3 Å². The molecule has 0 amide bonds. The van der Waals surface area contributed by atoms with Crippen LogP contribution in [0.1, 0.15) is 5.56 Å². The minimum absolute atomic E-state index is 0.892.